The zero-order chi connectivity index (χ0) is 17.7. The van der Waals surface area contributed by atoms with E-state index in [0.29, 0.717) is 6.54 Å². The van der Waals surface area contributed by atoms with E-state index in [2.05, 4.69) is 22.5 Å². The number of nitrogens with zero attached hydrogens (tertiary/aromatic N) is 1. The molecule has 0 bridgehead atoms. The molecule has 0 aliphatic heterocycles. The molecule has 0 saturated heterocycles. The second-order valence-electron chi connectivity index (χ2n) is 6.73. The number of aliphatic hydroxyl groups excluding tert-OH is 1. The van der Waals surface area contributed by atoms with Gasteiger partial charge in [-0.3, -0.25) is 4.99 Å². The Bertz CT molecular complexity index is 276. The van der Waals surface area contributed by atoms with Gasteiger partial charge in [-0.1, -0.05) is 90.4 Å². The van der Waals surface area contributed by atoms with Gasteiger partial charge in [-0.15, -0.1) is 12.4 Å². The molecule has 152 valence electrons. The zero-order valence-corrected chi connectivity index (χ0v) is 17.6. The van der Waals surface area contributed by atoms with Crippen molar-refractivity contribution < 1.29 is 5.11 Å². The summed E-state index contributed by atoms with van der Waals surface area (Å²) in [7, 11) is 1.86. The first-order valence-electron chi connectivity index (χ1n) is 10.4. The van der Waals surface area contributed by atoms with Crippen LogP contribution in [-0.4, -0.2) is 37.8 Å². The monoisotopic (exact) mass is 377 g/mol. The average Bonchev–Trinajstić information content (AvgIpc) is 2.61. The lowest BCUT2D eigenvalue weighted by Crippen LogP contribution is -2.35. The third-order valence-corrected chi connectivity index (χ3v) is 4.43. The smallest absolute Gasteiger partial charge is 0.191 e. The Morgan fingerprint density at radius 1 is 0.760 bits per heavy atom. The molecule has 0 atom stereocenters. The summed E-state index contributed by atoms with van der Waals surface area (Å²) in [6.45, 7) is 3.81. The van der Waals surface area contributed by atoms with Gasteiger partial charge in [0.15, 0.2) is 5.96 Å². The van der Waals surface area contributed by atoms with Crippen LogP contribution in [0.4, 0.5) is 0 Å². The summed E-state index contributed by atoms with van der Waals surface area (Å²) in [6.07, 6.45) is 19.5. The van der Waals surface area contributed by atoms with Crippen molar-refractivity contribution in [1.82, 2.24) is 10.6 Å². The van der Waals surface area contributed by atoms with E-state index in [1.807, 2.05) is 7.05 Å². The second kappa shape index (κ2) is 23.5. The molecule has 0 aromatic carbocycles. The molecule has 0 saturated carbocycles. The van der Waals surface area contributed by atoms with Gasteiger partial charge in [0.1, 0.15) is 0 Å². The summed E-state index contributed by atoms with van der Waals surface area (Å²) in [5.74, 6) is 0.791. The van der Waals surface area contributed by atoms with Crippen LogP contribution in [0.15, 0.2) is 4.99 Å². The normalized spacial score (nSPS) is 11.2. The van der Waals surface area contributed by atoms with Gasteiger partial charge in [0.05, 0.1) is 13.2 Å². The summed E-state index contributed by atoms with van der Waals surface area (Å²) in [6, 6.07) is 0. The highest BCUT2D eigenvalue weighted by molar-refractivity contribution is 5.85. The van der Waals surface area contributed by atoms with E-state index >= 15 is 0 Å². The summed E-state index contributed by atoms with van der Waals surface area (Å²) >= 11 is 0. The number of aliphatic imine (C=N–C) groups is 1. The van der Waals surface area contributed by atoms with Crippen molar-refractivity contribution in [1.29, 1.82) is 0 Å². The van der Waals surface area contributed by atoms with Crippen LogP contribution >= 0.6 is 12.4 Å². The highest BCUT2D eigenvalue weighted by Crippen LogP contribution is 2.12. The largest absolute Gasteiger partial charge is 0.394 e. The van der Waals surface area contributed by atoms with Gasteiger partial charge < -0.3 is 15.7 Å². The predicted molar refractivity (Wildman–Crippen MR) is 114 cm³/mol. The van der Waals surface area contributed by atoms with E-state index in [9.17, 15) is 0 Å². The number of hydrogen-bond acceptors (Lipinski definition) is 2. The van der Waals surface area contributed by atoms with Crippen molar-refractivity contribution in [2.24, 2.45) is 4.99 Å². The molecule has 0 unspecified atom stereocenters. The Labute approximate surface area is 163 Å². The number of unbranched alkanes of at least 4 members (excludes halogenated alkanes) is 13. The van der Waals surface area contributed by atoms with E-state index in [4.69, 9.17) is 5.11 Å². The molecule has 0 spiro atoms. The number of halogens is 1. The van der Waals surface area contributed by atoms with Gasteiger partial charge in [-0.25, -0.2) is 0 Å². The molecule has 5 heteroatoms. The van der Waals surface area contributed by atoms with Gasteiger partial charge >= 0.3 is 0 Å². The molecule has 0 radical (unpaired) electrons. The second-order valence-corrected chi connectivity index (χ2v) is 6.73. The van der Waals surface area contributed by atoms with Crippen molar-refractivity contribution in [3.63, 3.8) is 0 Å². The maximum Gasteiger partial charge on any atom is 0.191 e. The fourth-order valence-electron chi connectivity index (χ4n) is 2.91. The molecule has 25 heavy (non-hydrogen) atoms. The molecule has 3 N–H and O–H groups in total. The Hall–Kier alpha value is -0.480. The van der Waals surface area contributed by atoms with Gasteiger partial charge in [-0.05, 0) is 6.42 Å². The molecule has 0 aliphatic carbocycles. The van der Waals surface area contributed by atoms with Crippen LogP contribution in [0, 0.1) is 0 Å². The lowest BCUT2D eigenvalue weighted by Gasteiger charge is -2.09. The maximum absolute atomic E-state index is 8.75. The third kappa shape index (κ3) is 21.5. The van der Waals surface area contributed by atoms with Crippen molar-refractivity contribution in [3.8, 4) is 0 Å². The van der Waals surface area contributed by atoms with Gasteiger partial charge in [0.25, 0.3) is 0 Å². The van der Waals surface area contributed by atoms with E-state index in [-0.39, 0.29) is 19.0 Å². The maximum atomic E-state index is 8.75. The van der Waals surface area contributed by atoms with Crippen LogP contribution in [0.3, 0.4) is 0 Å². The van der Waals surface area contributed by atoms with Gasteiger partial charge in [-0.2, -0.15) is 0 Å². The van der Waals surface area contributed by atoms with E-state index in [1.165, 1.54) is 89.9 Å². The van der Waals surface area contributed by atoms with Crippen molar-refractivity contribution in [2.45, 2.75) is 96.8 Å². The van der Waals surface area contributed by atoms with E-state index in [1.54, 1.807) is 0 Å². The molecule has 0 amide bonds. The minimum Gasteiger partial charge on any atom is -0.394 e. The number of rotatable bonds is 17. The van der Waals surface area contributed by atoms with Crippen molar-refractivity contribution in [3.05, 3.63) is 0 Å². The number of nitrogens with one attached hydrogen (secondary N) is 2. The van der Waals surface area contributed by atoms with Crippen LogP contribution in [0.2, 0.25) is 0 Å². The van der Waals surface area contributed by atoms with Gasteiger partial charge in [0.2, 0.25) is 0 Å². The molecule has 0 rings (SSSR count). The molecular formula is C20H44ClN3O. The van der Waals surface area contributed by atoms with E-state index in [0.717, 1.165) is 12.5 Å². The lowest BCUT2D eigenvalue weighted by atomic mass is 10.0. The third-order valence-electron chi connectivity index (χ3n) is 4.43. The van der Waals surface area contributed by atoms with E-state index < -0.39 is 0 Å². The Morgan fingerprint density at radius 2 is 1.20 bits per heavy atom. The fourth-order valence-corrected chi connectivity index (χ4v) is 2.91. The molecule has 4 nitrogen and oxygen atoms in total. The average molecular weight is 378 g/mol. The van der Waals surface area contributed by atoms with Crippen molar-refractivity contribution >= 4 is 18.4 Å². The molecule has 0 heterocycles. The standard InChI is InChI=1S/C20H43N3O.ClH/c1-3-4-5-6-7-8-9-10-11-12-13-14-15-16-17-22-20(21-2)23-18-19-24;/h24H,3-19H2,1-2H3,(H2,21,22,23);1H. The highest BCUT2D eigenvalue weighted by Gasteiger charge is 1.96. The number of hydrogen-bond donors (Lipinski definition) is 3. The summed E-state index contributed by atoms with van der Waals surface area (Å²) < 4.78 is 0. The molecule has 0 aliphatic rings. The first-order valence-corrected chi connectivity index (χ1v) is 10.4. The topological polar surface area (TPSA) is 56.7 Å². The van der Waals surface area contributed by atoms with Crippen LogP contribution in [0.5, 0.6) is 0 Å². The molecule has 0 aromatic heterocycles. The summed E-state index contributed by atoms with van der Waals surface area (Å²) in [5, 5.41) is 15.0. The summed E-state index contributed by atoms with van der Waals surface area (Å²) in [5.41, 5.74) is 0. The van der Waals surface area contributed by atoms with Crippen LogP contribution in [-0.2, 0) is 0 Å². The zero-order valence-electron chi connectivity index (χ0n) is 16.8. The van der Waals surface area contributed by atoms with Crippen LogP contribution in [0.25, 0.3) is 0 Å². The van der Waals surface area contributed by atoms with Crippen molar-refractivity contribution in [2.75, 3.05) is 26.7 Å². The first kappa shape index (κ1) is 26.7. The summed E-state index contributed by atoms with van der Waals surface area (Å²) in [4.78, 5) is 4.21. The minimum atomic E-state index is 0. The SMILES string of the molecule is CCCCCCCCCCCCCCCCNC(=NCCO)NC.Cl. The molecule has 0 fully saturated rings. The van der Waals surface area contributed by atoms with Crippen LogP contribution in [0.1, 0.15) is 96.8 Å². The van der Waals surface area contributed by atoms with Crippen LogP contribution < -0.4 is 10.6 Å². The highest BCUT2D eigenvalue weighted by atomic mass is 35.5. The molecule has 0 aromatic rings. The quantitative estimate of drug-likeness (QED) is 0.189. The minimum absolute atomic E-state index is 0. The lowest BCUT2D eigenvalue weighted by molar-refractivity contribution is 0.306. The first-order chi connectivity index (χ1) is 11.8. The van der Waals surface area contributed by atoms with Gasteiger partial charge in [0, 0.05) is 13.6 Å². The molecular weight excluding hydrogens is 334 g/mol. The number of aliphatic hydroxyl groups is 1. The Kier molecular flexibility index (Phi) is 25.2. The Balaban J connectivity index is 0. The Morgan fingerprint density at radius 3 is 1.60 bits per heavy atom. The fraction of sp³-hybridized carbons (Fsp3) is 0.950. The predicted octanol–water partition coefficient (Wildman–Crippen LogP) is 5.05. The number of guanidine groups is 1.